The highest BCUT2D eigenvalue weighted by atomic mass is 16.5. The number of benzene rings is 3. The molecule has 1 aliphatic heterocycles. The van der Waals surface area contributed by atoms with E-state index in [0.717, 1.165) is 56.8 Å². The van der Waals surface area contributed by atoms with E-state index in [-0.39, 0.29) is 5.91 Å². The van der Waals surface area contributed by atoms with Crippen LogP contribution in [0.5, 0.6) is 17.2 Å². The molecule has 0 atom stereocenters. The minimum atomic E-state index is -0.0513. The van der Waals surface area contributed by atoms with E-state index < -0.39 is 0 Å². The number of carbonyl (C=O) groups excluding carboxylic acids is 1. The van der Waals surface area contributed by atoms with Crippen molar-refractivity contribution in [3.8, 4) is 28.4 Å². The summed E-state index contributed by atoms with van der Waals surface area (Å²) in [6.07, 6.45) is 0.721. The normalized spacial score (nSPS) is 13.0. The molecular formula is C28H26N2O4. The molecule has 0 saturated heterocycles. The monoisotopic (exact) mass is 454 g/mol. The van der Waals surface area contributed by atoms with E-state index in [9.17, 15) is 4.79 Å². The Balaban J connectivity index is 1.60. The molecule has 6 heteroatoms. The fraction of sp³-hybridized carbons (Fsp3) is 0.214. The highest BCUT2D eigenvalue weighted by Gasteiger charge is 2.30. The molecule has 6 nitrogen and oxygen atoms in total. The second kappa shape index (κ2) is 9.06. The number of nitrogens with zero attached hydrogens (tertiary/aromatic N) is 2. The summed E-state index contributed by atoms with van der Waals surface area (Å²) >= 11 is 0. The van der Waals surface area contributed by atoms with E-state index in [1.165, 1.54) is 0 Å². The van der Waals surface area contributed by atoms with Gasteiger partial charge in [-0.25, -0.2) is 4.98 Å². The maximum atomic E-state index is 13.6. The van der Waals surface area contributed by atoms with Crippen LogP contribution in [-0.2, 0) is 13.0 Å². The van der Waals surface area contributed by atoms with Crippen molar-refractivity contribution in [1.29, 1.82) is 0 Å². The zero-order valence-electron chi connectivity index (χ0n) is 19.5. The van der Waals surface area contributed by atoms with Gasteiger partial charge in [0.15, 0.2) is 0 Å². The molecule has 1 aliphatic rings. The molecule has 3 aromatic carbocycles. The number of pyridine rings is 1. The molecule has 0 radical (unpaired) electrons. The van der Waals surface area contributed by atoms with Crippen molar-refractivity contribution >= 4 is 16.8 Å². The van der Waals surface area contributed by atoms with Crippen LogP contribution in [0.2, 0.25) is 0 Å². The molecule has 0 bridgehead atoms. The lowest BCUT2D eigenvalue weighted by Crippen LogP contribution is -2.38. The number of carbonyl (C=O) groups is 1. The lowest BCUT2D eigenvalue weighted by molar-refractivity contribution is 0.0721. The van der Waals surface area contributed by atoms with Crippen molar-refractivity contribution in [1.82, 2.24) is 9.88 Å². The second-order valence-corrected chi connectivity index (χ2v) is 8.25. The summed E-state index contributed by atoms with van der Waals surface area (Å²) in [5.41, 5.74) is 5.36. The standard InChI is InChI=1S/C28H26N2O4/c1-32-20-8-4-18(5-9-20)17-30-15-14-23-26(19-6-10-21(33-2)11-7-19)24-16-22(34-3)12-13-25(24)29-27(23)28(30)31/h4-13,16H,14-15,17H2,1-3H3. The molecular weight excluding hydrogens is 428 g/mol. The van der Waals surface area contributed by atoms with Gasteiger partial charge >= 0.3 is 0 Å². The molecule has 0 fully saturated rings. The maximum Gasteiger partial charge on any atom is 0.273 e. The van der Waals surface area contributed by atoms with Gasteiger partial charge in [0.1, 0.15) is 22.9 Å². The summed E-state index contributed by atoms with van der Waals surface area (Å²) in [6, 6.07) is 21.5. The molecule has 5 rings (SSSR count). The Morgan fingerprint density at radius 1 is 0.824 bits per heavy atom. The number of hydrogen-bond donors (Lipinski definition) is 0. The molecule has 0 spiro atoms. The van der Waals surface area contributed by atoms with E-state index in [2.05, 4.69) is 0 Å². The van der Waals surface area contributed by atoms with Gasteiger partial charge in [0.25, 0.3) is 5.91 Å². The van der Waals surface area contributed by atoms with Crippen LogP contribution in [0.25, 0.3) is 22.0 Å². The van der Waals surface area contributed by atoms with Gasteiger partial charge in [-0.05, 0) is 71.1 Å². The number of hydrogen-bond acceptors (Lipinski definition) is 5. The predicted molar refractivity (Wildman–Crippen MR) is 132 cm³/mol. The average Bonchev–Trinajstić information content (AvgIpc) is 2.89. The van der Waals surface area contributed by atoms with Gasteiger partial charge in [-0.2, -0.15) is 0 Å². The summed E-state index contributed by atoms with van der Waals surface area (Å²) in [7, 11) is 4.95. The Kier molecular flexibility index (Phi) is 5.80. The van der Waals surface area contributed by atoms with Crippen molar-refractivity contribution in [2.75, 3.05) is 27.9 Å². The van der Waals surface area contributed by atoms with Crippen molar-refractivity contribution in [3.05, 3.63) is 83.6 Å². The Morgan fingerprint density at radius 2 is 1.44 bits per heavy atom. The number of aromatic nitrogens is 1. The summed E-state index contributed by atoms with van der Waals surface area (Å²) in [6.45, 7) is 1.15. The largest absolute Gasteiger partial charge is 0.497 e. The average molecular weight is 455 g/mol. The molecule has 0 N–H and O–H groups in total. The number of rotatable bonds is 6. The minimum absolute atomic E-state index is 0.0513. The van der Waals surface area contributed by atoms with Crippen LogP contribution in [0.15, 0.2) is 66.7 Å². The first-order valence-corrected chi connectivity index (χ1v) is 11.2. The lowest BCUT2D eigenvalue weighted by atomic mass is 9.90. The quantitative estimate of drug-likeness (QED) is 0.404. The fourth-order valence-corrected chi connectivity index (χ4v) is 4.52. The Bertz CT molecular complexity index is 1350. The predicted octanol–water partition coefficient (Wildman–Crippen LogP) is 5.13. The zero-order valence-corrected chi connectivity index (χ0v) is 19.5. The summed E-state index contributed by atoms with van der Waals surface area (Å²) in [4.78, 5) is 20.3. The highest BCUT2D eigenvalue weighted by molar-refractivity contribution is 6.05. The number of methoxy groups -OCH3 is 3. The molecule has 2 heterocycles. The highest BCUT2D eigenvalue weighted by Crippen LogP contribution is 2.38. The van der Waals surface area contributed by atoms with Crippen LogP contribution >= 0.6 is 0 Å². The first-order chi connectivity index (χ1) is 16.6. The van der Waals surface area contributed by atoms with Crippen LogP contribution in [0, 0.1) is 0 Å². The van der Waals surface area contributed by atoms with E-state index in [0.29, 0.717) is 18.8 Å². The van der Waals surface area contributed by atoms with Gasteiger partial charge < -0.3 is 19.1 Å². The summed E-state index contributed by atoms with van der Waals surface area (Å²) in [5.74, 6) is 2.29. The number of fused-ring (bicyclic) bond motifs is 2. The van der Waals surface area contributed by atoms with Crippen LogP contribution in [0.3, 0.4) is 0 Å². The van der Waals surface area contributed by atoms with Crippen LogP contribution < -0.4 is 14.2 Å². The van der Waals surface area contributed by atoms with E-state index in [1.807, 2.05) is 71.6 Å². The first-order valence-electron chi connectivity index (χ1n) is 11.2. The third-order valence-electron chi connectivity index (χ3n) is 6.33. The lowest BCUT2D eigenvalue weighted by Gasteiger charge is -2.30. The fourth-order valence-electron chi connectivity index (χ4n) is 4.52. The third kappa shape index (κ3) is 3.92. The second-order valence-electron chi connectivity index (χ2n) is 8.25. The van der Waals surface area contributed by atoms with Crippen molar-refractivity contribution in [2.45, 2.75) is 13.0 Å². The molecule has 0 aliphatic carbocycles. The SMILES string of the molecule is COc1ccc(CN2CCc3c(nc4ccc(OC)cc4c3-c3ccc(OC)cc3)C2=O)cc1. The van der Waals surface area contributed by atoms with Gasteiger partial charge in [-0.1, -0.05) is 24.3 Å². The van der Waals surface area contributed by atoms with Crippen molar-refractivity contribution in [2.24, 2.45) is 0 Å². The number of amides is 1. The van der Waals surface area contributed by atoms with Crippen LogP contribution in [0.4, 0.5) is 0 Å². The Labute approximate surface area is 198 Å². The minimum Gasteiger partial charge on any atom is -0.497 e. The first kappa shape index (κ1) is 21.8. The van der Waals surface area contributed by atoms with Crippen LogP contribution in [0.1, 0.15) is 21.6 Å². The van der Waals surface area contributed by atoms with Gasteiger partial charge in [-0.3, -0.25) is 4.79 Å². The van der Waals surface area contributed by atoms with Gasteiger partial charge in [0.2, 0.25) is 0 Å². The Hall–Kier alpha value is -4.06. The molecule has 0 saturated carbocycles. The smallest absolute Gasteiger partial charge is 0.273 e. The topological polar surface area (TPSA) is 60.9 Å². The molecule has 1 amide bonds. The summed E-state index contributed by atoms with van der Waals surface area (Å²) in [5, 5.41) is 0.972. The summed E-state index contributed by atoms with van der Waals surface area (Å²) < 4.78 is 16.1. The van der Waals surface area contributed by atoms with Gasteiger partial charge in [0.05, 0.1) is 26.8 Å². The van der Waals surface area contributed by atoms with E-state index in [1.54, 1.807) is 21.3 Å². The van der Waals surface area contributed by atoms with Gasteiger partial charge in [-0.15, -0.1) is 0 Å². The van der Waals surface area contributed by atoms with Crippen molar-refractivity contribution in [3.63, 3.8) is 0 Å². The number of ether oxygens (including phenoxy) is 3. The van der Waals surface area contributed by atoms with Crippen LogP contribution in [-0.4, -0.2) is 43.7 Å². The molecule has 0 unspecified atom stereocenters. The van der Waals surface area contributed by atoms with E-state index in [4.69, 9.17) is 19.2 Å². The maximum absolute atomic E-state index is 13.6. The van der Waals surface area contributed by atoms with Gasteiger partial charge in [0, 0.05) is 18.5 Å². The Morgan fingerprint density at radius 3 is 2.09 bits per heavy atom. The zero-order chi connectivity index (χ0) is 23.7. The van der Waals surface area contributed by atoms with E-state index >= 15 is 0 Å². The molecule has 1 aromatic heterocycles. The molecule has 172 valence electrons. The third-order valence-corrected chi connectivity index (χ3v) is 6.33. The van der Waals surface area contributed by atoms with Crippen molar-refractivity contribution < 1.29 is 19.0 Å². The molecule has 34 heavy (non-hydrogen) atoms. The molecule has 4 aromatic rings.